The van der Waals surface area contributed by atoms with E-state index in [1.807, 2.05) is 13.8 Å². The van der Waals surface area contributed by atoms with Gasteiger partial charge in [0.2, 0.25) is 6.79 Å². The molecular weight excluding hydrogens is 440 g/mol. The standard InChI is InChI=1S/C21H19FN3O6P/c1-11(2)25-15-8-23-18-13(4-5-16-20(18)31-10-30-16)19(15)24(21(25)26)9-12-3-6-17(14(22)7-12)32(27,28)29/h3-8,11H,9-10H2,1-2H3,(H2,27,28,29). The molecule has 11 heteroatoms. The second kappa shape index (κ2) is 7.16. The van der Waals surface area contributed by atoms with Gasteiger partial charge in [-0.05, 0) is 43.7 Å². The van der Waals surface area contributed by atoms with Crippen LogP contribution in [0.2, 0.25) is 0 Å². The van der Waals surface area contributed by atoms with Gasteiger partial charge in [0.15, 0.2) is 11.5 Å². The molecule has 0 amide bonds. The summed E-state index contributed by atoms with van der Waals surface area (Å²) in [7, 11) is -4.74. The van der Waals surface area contributed by atoms with E-state index < -0.39 is 18.7 Å². The summed E-state index contributed by atoms with van der Waals surface area (Å²) < 4.78 is 39.9. The van der Waals surface area contributed by atoms with Crippen LogP contribution in [0.5, 0.6) is 11.5 Å². The van der Waals surface area contributed by atoms with E-state index in [2.05, 4.69) is 4.98 Å². The van der Waals surface area contributed by atoms with E-state index in [1.165, 1.54) is 10.6 Å². The average Bonchev–Trinajstić information content (AvgIpc) is 3.30. The van der Waals surface area contributed by atoms with Crippen molar-refractivity contribution in [3.8, 4) is 11.5 Å². The molecule has 2 aromatic carbocycles. The Morgan fingerprint density at radius 1 is 1.22 bits per heavy atom. The van der Waals surface area contributed by atoms with Crippen molar-refractivity contribution < 1.29 is 28.2 Å². The minimum absolute atomic E-state index is 0.000960. The molecule has 0 fully saturated rings. The number of rotatable bonds is 4. The number of halogens is 1. The maximum absolute atomic E-state index is 14.4. The molecule has 5 rings (SSSR count). The van der Waals surface area contributed by atoms with Crippen LogP contribution in [0.1, 0.15) is 25.5 Å². The maximum Gasteiger partial charge on any atom is 0.359 e. The molecule has 3 heterocycles. The number of fused-ring (bicyclic) bond motifs is 5. The fourth-order valence-electron chi connectivity index (χ4n) is 4.10. The molecule has 2 N–H and O–H groups in total. The van der Waals surface area contributed by atoms with E-state index in [-0.39, 0.29) is 25.1 Å². The van der Waals surface area contributed by atoms with Crippen LogP contribution in [-0.4, -0.2) is 30.7 Å². The molecule has 0 spiro atoms. The minimum Gasteiger partial charge on any atom is -0.454 e. The predicted octanol–water partition coefficient (Wildman–Crippen LogP) is 2.65. The van der Waals surface area contributed by atoms with E-state index in [0.717, 1.165) is 12.1 Å². The zero-order chi connectivity index (χ0) is 22.8. The van der Waals surface area contributed by atoms with Crippen LogP contribution in [0.4, 0.5) is 4.39 Å². The molecule has 0 saturated carbocycles. The van der Waals surface area contributed by atoms with Gasteiger partial charge < -0.3 is 19.3 Å². The van der Waals surface area contributed by atoms with Crippen LogP contribution in [0.3, 0.4) is 0 Å². The number of ether oxygens (including phenoxy) is 2. The summed E-state index contributed by atoms with van der Waals surface area (Å²) in [4.78, 5) is 36.4. The highest BCUT2D eigenvalue weighted by Crippen LogP contribution is 2.40. The topological polar surface area (TPSA) is 116 Å². The molecule has 2 aromatic heterocycles. The van der Waals surface area contributed by atoms with Crippen LogP contribution in [-0.2, 0) is 11.1 Å². The minimum atomic E-state index is -4.74. The third-order valence-electron chi connectivity index (χ3n) is 5.48. The molecule has 166 valence electrons. The van der Waals surface area contributed by atoms with Crippen molar-refractivity contribution >= 4 is 34.8 Å². The number of nitrogens with zero attached hydrogens (tertiary/aromatic N) is 3. The van der Waals surface area contributed by atoms with E-state index in [4.69, 9.17) is 9.47 Å². The molecule has 4 aromatic rings. The van der Waals surface area contributed by atoms with Gasteiger partial charge in [-0.25, -0.2) is 14.2 Å². The second-order valence-electron chi connectivity index (χ2n) is 7.85. The summed E-state index contributed by atoms with van der Waals surface area (Å²) in [5.41, 5.74) is 1.84. The lowest BCUT2D eigenvalue weighted by atomic mass is 10.1. The predicted molar refractivity (Wildman–Crippen MR) is 115 cm³/mol. The number of aromatic nitrogens is 3. The van der Waals surface area contributed by atoms with Gasteiger partial charge in [-0.2, -0.15) is 0 Å². The van der Waals surface area contributed by atoms with Crippen molar-refractivity contribution in [3.63, 3.8) is 0 Å². The van der Waals surface area contributed by atoms with Crippen molar-refractivity contribution in [2.75, 3.05) is 6.79 Å². The number of hydrogen-bond acceptors (Lipinski definition) is 5. The first kappa shape index (κ1) is 20.7. The van der Waals surface area contributed by atoms with Crippen LogP contribution >= 0.6 is 7.60 Å². The third kappa shape index (κ3) is 3.10. The van der Waals surface area contributed by atoms with Crippen molar-refractivity contribution in [3.05, 3.63) is 58.4 Å². The molecule has 0 bridgehead atoms. The maximum atomic E-state index is 14.4. The van der Waals surface area contributed by atoms with E-state index in [0.29, 0.717) is 39.0 Å². The Hall–Kier alpha value is -3.20. The van der Waals surface area contributed by atoms with Crippen molar-refractivity contribution in [2.45, 2.75) is 26.4 Å². The molecular formula is C21H19FN3O6P. The van der Waals surface area contributed by atoms with Gasteiger partial charge >= 0.3 is 13.3 Å². The number of benzene rings is 2. The van der Waals surface area contributed by atoms with Crippen LogP contribution in [0.15, 0.2) is 41.3 Å². The van der Waals surface area contributed by atoms with Crippen molar-refractivity contribution in [1.82, 2.24) is 14.1 Å². The molecule has 0 radical (unpaired) electrons. The van der Waals surface area contributed by atoms with E-state index in [9.17, 15) is 23.5 Å². The Kier molecular flexibility index (Phi) is 4.63. The van der Waals surface area contributed by atoms with Gasteiger partial charge in [-0.3, -0.25) is 13.7 Å². The average molecular weight is 459 g/mol. The molecule has 0 unspecified atom stereocenters. The fourth-order valence-corrected chi connectivity index (χ4v) is 4.72. The molecule has 0 aliphatic carbocycles. The summed E-state index contributed by atoms with van der Waals surface area (Å²) in [5.74, 6) is 0.0424. The molecule has 9 nitrogen and oxygen atoms in total. The largest absolute Gasteiger partial charge is 0.454 e. The first-order chi connectivity index (χ1) is 15.2. The van der Waals surface area contributed by atoms with Crippen LogP contribution in [0, 0.1) is 5.82 Å². The SMILES string of the molecule is CC(C)n1c(=O)n(Cc2ccc(P(=O)(O)O)c(F)c2)c2c3ccc4c(c3ncc21)OCO4. The molecule has 32 heavy (non-hydrogen) atoms. The van der Waals surface area contributed by atoms with Gasteiger partial charge in [0.05, 0.1) is 29.1 Å². The highest BCUT2D eigenvalue weighted by molar-refractivity contribution is 7.60. The van der Waals surface area contributed by atoms with Gasteiger partial charge in [-0.15, -0.1) is 0 Å². The smallest absolute Gasteiger partial charge is 0.359 e. The fraction of sp³-hybridized carbons (Fsp3) is 0.238. The highest BCUT2D eigenvalue weighted by Gasteiger charge is 2.25. The molecule has 0 saturated heterocycles. The highest BCUT2D eigenvalue weighted by atomic mass is 31.2. The second-order valence-corrected chi connectivity index (χ2v) is 9.42. The first-order valence-corrected chi connectivity index (χ1v) is 11.4. The summed E-state index contributed by atoms with van der Waals surface area (Å²) in [6.07, 6.45) is 1.61. The lowest BCUT2D eigenvalue weighted by molar-refractivity contribution is 0.174. The van der Waals surface area contributed by atoms with Gasteiger partial charge in [0, 0.05) is 11.4 Å². The Morgan fingerprint density at radius 3 is 2.69 bits per heavy atom. The van der Waals surface area contributed by atoms with Crippen molar-refractivity contribution in [2.24, 2.45) is 0 Å². The van der Waals surface area contributed by atoms with Crippen molar-refractivity contribution in [1.29, 1.82) is 0 Å². The first-order valence-electron chi connectivity index (χ1n) is 9.83. The third-order valence-corrected chi connectivity index (χ3v) is 6.47. The lowest BCUT2D eigenvalue weighted by Gasteiger charge is -2.10. The summed E-state index contributed by atoms with van der Waals surface area (Å²) in [5, 5.41) is -0.00359. The zero-order valence-corrected chi connectivity index (χ0v) is 18.0. The Bertz CT molecular complexity index is 1500. The Morgan fingerprint density at radius 2 is 2.00 bits per heavy atom. The number of pyridine rings is 1. The number of imidazole rings is 1. The Balaban J connectivity index is 1.75. The van der Waals surface area contributed by atoms with E-state index in [1.54, 1.807) is 22.9 Å². The normalized spacial score (nSPS) is 13.6. The van der Waals surface area contributed by atoms with Gasteiger partial charge in [0.1, 0.15) is 11.3 Å². The van der Waals surface area contributed by atoms with Crippen LogP contribution in [0.25, 0.3) is 21.9 Å². The summed E-state index contributed by atoms with van der Waals surface area (Å²) in [6, 6.07) is 6.89. The Labute approximate surface area is 180 Å². The molecule has 1 aliphatic rings. The van der Waals surface area contributed by atoms with E-state index >= 15 is 0 Å². The summed E-state index contributed by atoms with van der Waals surface area (Å²) >= 11 is 0. The molecule has 1 aliphatic heterocycles. The van der Waals surface area contributed by atoms with Crippen LogP contribution < -0.4 is 20.5 Å². The molecule has 0 atom stereocenters. The summed E-state index contributed by atoms with van der Waals surface area (Å²) in [6.45, 7) is 3.84. The van der Waals surface area contributed by atoms with Gasteiger partial charge in [0.25, 0.3) is 0 Å². The quantitative estimate of drug-likeness (QED) is 0.451. The zero-order valence-electron chi connectivity index (χ0n) is 17.1. The number of hydrogen-bond donors (Lipinski definition) is 2. The van der Waals surface area contributed by atoms with Gasteiger partial charge in [-0.1, -0.05) is 6.07 Å². The lowest BCUT2D eigenvalue weighted by Crippen LogP contribution is -2.26. The monoisotopic (exact) mass is 459 g/mol.